The summed E-state index contributed by atoms with van der Waals surface area (Å²) in [5.74, 6) is 3.45. The largest absolute Gasteiger partial charge is 0.129 e. The molecular weight excluding hydrogens is 323 g/mol. The van der Waals surface area contributed by atoms with Crippen LogP contribution in [0.3, 0.4) is 0 Å². The zero-order valence-electron chi connectivity index (χ0n) is 11.4. The third-order valence-corrected chi connectivity index (χ3v) is 4.23. The van der Waals surface area contributed by atoms with E-state index >= 15 is 0 Å². The van der Waals surface area contributed by atoms with E-state index < -0.39 is 8.07 Å². The molecule has 92 valence electrons. The molecule has 0 aromatic carbocycles. The van der Waals surface area contributed by atoms with Crippen molar-refractivity contribution in [2.24, 2.45) is 0 Å². The molecule has 0 radical (unpaired) electrons. The van der Waals surface area contributed by atoms with Crippen LogP contribution >= 0.6 is 22.6 Å². The minimum Gasteiger partial charge on any atom is -0.127 e. The molecule has 2 heteroatoms. The molecule has 0 N–H and O–H groups in total. The molecule has 0 aromatic rings. The Bertz CT molecular complexity index is 286. The van der Waals surface area contributed by atoms with Crippen LogP contribution in [-0.2, 0) is 0 Å². The fourth-order valence-corrected chi connectivity index (χ4v) is 2.57. The molecule has 16 heavy (non-hydrogen) atoms. The Labute approximate surface area is 116 Å². The molecule has 0 heterocycles. The Morgan fingerprint density at radius 3 is 2.12 bits per heavy atom. The first kappa shape index (κ1) is 16.2. The Balaban J connectivity index is 4.75. The second-order valence-electron chi connectivity index (χ2n) is 5.24. The first-order valence-corrected chi connectivity index (χ1v) is 10.9. The Morgan fingerprint density at radius 1 is 1.06 bits per heavy atom. The number of hydrogen-bond acceptors (Lipinski definition) is 0. The molecule has 0 bridgehead atoms. The van der Waals surface area contributed by atoms with Gasteiger partial charge in [-0.1, -0.05) is 52.3 Å². The number of halogens is 1. The maximum atomic E-state index is 3.49. The summed E-state index contributed by atoms with van der Waals surface area (Å²) in [6, 6.07) is 0. The van der Waals surface area contributed by atoms with Crippen LogP contribution in [0.4, 0.5) is 0 Å². The van der Waals surface area contributed by atoms with E-state index in [2.05, 4.69) is 67.5 Å². The smallest absolute Gasteiger partial charge is 0.127 e. The Kier molecular flexibility index (Phi) is 8.48. The van der Waals surface area contributed by atoms with Crippen LogP contribution in [0.2, 0.25) is 19.6 Å². The number of allylic oxidation sites excluding steroid dienone is 2. The van der Waals surface area contributed by atoms with Gasteiger partial charge in [0.2, 0.25) is 0 Å². The van der Waals surface area contributed by atoms with Crippen LogP contribution in [-0.4, -0.2) is 8.07 Å². The predicted octanol–water partition coefficient (Wildman–Crippen LogP) is 5.55. The summed E-state index contributed by atoms with van der Waals surface area (Å²) in [5.41, 5.74) is 4.89. The van der Waals surface area contributed by atoms with Gasteiger partial charge in [0.1, 0.15) is 8.07 Å². The number of rotatable bonds is 5. The van der Waals surface area contributed by atoms with E-state index in [1.807, 2.05) is 0 Å². The molecule has 0 aromatic heterocycles. The molecule has 0 nitrogen and oxygen atoms in total. The van der Waals surface area contributed by atoms with E-state index in [0.29, 0.717) is 0 Å². The summed E-state index contributed by atoms with van der Waals surface area (Å²) in [6.07, 6.45) is 6.13. The summed E-state index contributed by atoms with van der Waals surface area (Å²) in [5, 5.41) is 0. The summed E-state index contributed by atoms with van der Waals surface area (Å²) >= 11 is 2.49. The van der Waals surface area contributed by atoms with E-state index in [-0.39, 0.29) is 0 Å². The van der Waals surface area contributed by atoms with Crippen molar-refractivity contribution in [3.8, 4) is 11.5 Å². The van der Waals surface area contributed by atoms with E-state index in [1.165, 1.54) is 34.8 Å². The van der Waals surface area contributed by atoms with Crippen LogP contribution in [0.25, 0.3) is 0 Å². The van der Waals surface area contributed by atoms with Crippen LogP contribution in [0.5, 0.6) is 0 Å². The van der Waals surface area contributed by atoms with Gasteiger partial charge in [-0.15, -0.1) is 5.54 Å². The highest BCUT2D eigenvalue weighted by Crippen LogP contribution is 2.22. The fourth-order valence-electron chi connectivity index (χ4n) is 1.26. The second-order valence-corrected chi connectivity index (χ2v) is 11.3. The van der Waals surface area contributed by atoms with Crippen LogP contribution in [0, 0.1) is 11.5 Å². The predicted molar refractivity (Wildman–Crippen MR) is 86.6 cm³/mol. The SMILES string of the molecule is CCCC/C(I)=C(\C#C[Si](C)(C)C)CCC. The molecule has 0 rings (SSSR count). The summed E-state index contributed by atoms with van der Waals surface area (Å²) in [6.45, 7) is 11.4. The van der Waals surface area contributed by atoms with E-state index in [4.69, 9.17) is 0 Å². The molecule has 0 saturated heterocycles. The number of hydrogen-bond donors (Lipinski definition) is 0. The van der Waals surface area contributed by atoms with Crippen LogP contribution in [0.1, 0.15) is 46.0 Å². The normalized spacial score (nSPS) is 12.9. The zero-order chi connectivity index (χ0) is 12.6. The van der Waals surface area contributed by atoms with E-state index in [0.717, 1.165) is 6.42 Å². The fraction of sp³-hybridized carbons (Fsp3) is 0.714. The minimum absolute atomic E-state index is 1.15. The van der Waals surface area contributed by atoms with Crippen molar-refractivity contribution in [1.82, 2.24) is 0 Å². The van der Waals surface area contributed by atoms with E-state index in [9.17, 15) is 0 Å². The summed E-state index contributed by atoms with van der Waals surface area (Å²) in [4.78, 5) is 0. The first-order chi connectivity index (χ1) is 7.40. The summed E-state index contributed by atoms with van der Waals surface area (Å²) in [7, 11) is -1.22. The second kappa shape index (κ2) is 8.35. The molecule has 0 aliphatic carbocycles. The standard InChI is InChI=1S/C14H25ISi/c1-6-8-10-14(15)13(9-7-2)11-12-16(3,4)5/h6-10H2,1-5H3/b14-13+. The molecular formula is C14H25ISi. The highest BCUT2D eigenvalue weighted by molar-refractivity contribution is 14.1. The maximum absolute atomic E-state index is 3.49. The molecule has 0 aliphatic heterocycles. The molecule has 0 atom stereocenters. The Hall–Kier alpha value is 0.247. The van der Waals surface area contributed by atoms with Crippen LogP contribution < -0.4 is 0 Å². The van der Waals surface area contributed by atoms with Gasteiger partial charge >= 0.3 is 0 Å². The van der Waals surface area contributed by atoms with Crippen molar-refractivity contribution in [2.75, 3.05) is 0 Å². The van der Waals surface area contributed by atoms with E-state index in [1.54, 1.807) is 0 Å². The molecule has 0 fully saturated rings. The van der Waals surface area contributed by atoms with Gasteiger partial charge in [0.05, 0.1) is 0 Å². The van der Waals surface area contributed by atoms with Gasteiger partial charge in [-0.25, -0.2) is 0 Å². The average molecular weight is 348 g/mol. The van der Waals surface area contributed by atoms with Gasteiger partial charge < -0.3 is 0 Å². The zero-order valence-corrected chi connectivity index (χ0v) is 14.6. The minimum atomic E-state index is -1.22. The van der Waals surface area contributed by atoms with Gasteiger partial charge in [-0.3, -0.25) is 0 Å². The van der Waals surface area contributed by atoms with Gasteiger partial charge in [0.25, 0.3) is 0 Å². The maximum Gasteiger partial charge on any atom is 0.129 e. The highest BCUT2D eigenvalue weighted by Gasteiger charge is 2.08. The first-order valence-electron chi connectivity index (χ1n) is 6.31. The van der Waals surface area contributed by atoms with Crippen molar-refractivity contribution in [2.45, 2.75) is 65.6 Å². The Morgan fingerprint density at radius 2 is 1.69 bits per heavy atom. The quantitative estimate of drug-likeness (QED) is 0.347. The number of unbranched alkanes of at least 4 members (excludes halogenated alkanes) is 1. The molecule has 0 unspecified atom stereocenters. The lowest BCUT2D eigenvalue weighted by Crippen LogP contribution is -2.16. The lowest BCUT2D eigenvalue weighted by Gasteiger charge is -2.07. The topological polar surface area (TPSA) is 0 Å². The molecule has 0 amide bonds. The third kappa shape index (κ3) is 8.40. The molecule has 0 aliphatic rings. The lowest BCUT2D eigenvalue weighted by molar-refractivity contribution is 0.803. The average Bonchev–Trinajstić information content (AvgIpc) is 2.19. The molecule has 0 saturated carbocycles. The lowest BCUT2D eigenvalue weighted by atomic mass is 10.1. The molecule has 0 spiro atoms. The van der Waals surface area contributed by atoms with Crippen molar-refractivity contribution in [3.05, 3.63) is 9.15 Å². The third-order valence-electron chi connectivity index (χ3n) is 2.17. The van der Waals surface area contributed by atoms with Gasteiger partial charge in [-0.2, -0.15) is 0 Å². The van der Waals surface area contributed by atoms with Gasteiger partial charge in [0.15, 0.2) is 0 Å². The van der Waals surface area contributed by atoms with Crippen molar-refractivity contribution >= 4 is 30.7 Å². The monoisotopic (exact) mass is 348 g/mol. The van der Waals surface area contributed by atoms with Gasteiger partial charge in [-0.05, 0) is 41.9 Å². The van der Waals surface area contributed by atoms with Crippen LogP contribution in [0.15, 0.2) is 9.15 Å². The van der Waals surface area contributed by atoms with Gasteiger partial charge in [0, 0.05) is 9.15 Å². The van der Waals surface area contributed by atoms with Crippen molar-refractivity contribution in [1.29, 1.82) is 0 Å². The highest BCUT2D eigenvalue weighted by atomic mass is 127. The van der Waals surface area contributed by atoms with Crippen molar-refractivity contribution in [3.63, 3.8) is 0 Å². The van der Waals surface area contributed by atoms with Crippen molar-refractivity contribution < 1.29 is 0 Å². The summed E-state index contributed by atoms with van der Waals surface area (Å²) < 4.78 is 1.49.